The Bertz CT molecular complexity index is 398. The molecule has 0 aromatic carbocycles. The first-order valence-electron chi connectivity index (χ1n) is 5.69. The SMILES string of the molecule is O=c1n([C@H]2CCNC2)cnn1CC1CC1. The van der Waals surface area contributed by atoms with E-state index in [4.69, 9.17) is 0 Å². The van der Waals surface area contributed by atoms with Gasteiger partial charge in [-0.05, 0) is 31.7 Å². The zero-order chi connectivity index (χ0) is 10.3. The molecule has 1 aromatic heterocycles. The third-order valence-corrected chi connectivity index (χ3v) is 3.31. The van der Waals surface area contributed by atoms with Crippen molar-refractivity contribution < 1.29 is 0 Å². The first kappa shape index (κ1) is 9.15. The molecule has 5 heteroatoms. The number of aromatic nitrogens is 3. The van der Waals surface area contributed by atoms with Crippen LogP contribution in [-0.2, 0) is 6.54 Å². The fraction of sp³-hybridized carbons (Fsp3) is 0.800. The van der Waals surface area contributed by atoms with Crippen molar-refractivity contribution in [2.75, 3.05) is 13.1 Å². The highest BCUT2D eigenvalue weighted by molar-refractivity contribution is 4.83. The lowest BCUT2D eigenvalue weighted by Crippen LogP contribution is -2.29. The van der Waals surface area contributed by atoms with Crippen molar-refractivity contribution in [3.63, 3.8) is 0 Å². The van der Waals surface area contributed by atoms with E-state index in [-0.39, 0.29) is 5.69 Å². The summed E-state index contributed by atoms with van der Waals surface area (Å²) in [6, 6.07) is 0.311. The molecule has 1 atom stereocenters. The molecule has 82 valence electrons. The van der Waals surface area contributed by atoms with Gasteiger partial charge < -0.3 is 5.32 Å². The maximum atomic E-state index is 12.0. The highest BCUT2D eigenvalue weighted by atomic mass is 16.2. The Kier molecular flexibility index (Phi) is 2.12. The first-order chi connectivity index (χ1) is 7.34. The van der Waals surface area contributed by atoms with Crippen molar-refractivity contribution in [2.45, 2.75) is 31.8 Å². The van der Waals surface area contributed by atoms with E-state index in [1.807, 2.05) is 0 Å². The highest BCUT2D eigenvalue weighted by Gasteiger charge is 2.25. The molecule has 0 unspecified atom stereocenters. The molecular formula is C10H16N4O. The average molecular weight is 208 g/mol. The summed E-state index contributed by atoms with van der Waals surface area (Å²) >= 11 is 0. The van der Waals surface area contributed by atoms with Crippen molar-refractivity contribution in [1.82, 2.24) is 19.7 Å². The topological polar surface area (TPSA) is 51.9 Å². The molecule has 15 heavy (non-hydrogen) atoms. The molecule has 0 amide bonds. The Morgan fingerprint density at radius 3 is 3.00 bits per heavy atom. The van der Waals surface area contributed by atoms with Crippen LogP contribution in [0.4, 0.5) is 0 Å². The molecule has 5 nitrogen and oxygen atoms in total. The van der Waals surface area contributed by atoms with E-state index < -0.39 is 0 Å². The van der Waals surface area contributed by atoms with E-state index in [2.05, 4.69) is 10.4 Å². The monoisotopic (exact) mass is 208 g/mol. The third-order valence-electron chi connectivity index (χ3n) is 3.31. The number of hydrogen-bond donors (Lipinski definition) is 1. The zero-order valence-electron chi connectivity index (χ0n) is 8.72. The number of nitrogens with one attached hydrogen (secondary N) is 1. The van der Waals surface area contributed by atoms with Crippen molar-refractivity contribution in [3.8, 4) is 0 Å². The molecule has 1 saturated carbocycles. The van der Waals surface area contributed by atoms with Gasteiger partial charge in [-0.2, -0.15) is 5.10 Å². The van der Waals surface area contributed by atoms with E-state index in [0.717, 1.165) is 26.1 Å². The van der Waals surface area contributed by atoms with Crippen molar-refractivity contribution in [3.05, 3.63) is 16.8 Å². The van der Waals surface area contributed by atoms with E-state index in [0.29, 0.717) is 12.0 Å². The van der Waals surface area contributed by atoms with Gasteiger partial charge >= 0.3 is 5.69 Å². The molecule has 1 aromatic rings. The summed E-state index contributed by atoms with van der Waals surface area (Å²) in [6.45, 7) is 2.71. The summed E-state index contributed by atoms with van der Waals surface area (Å²) in [5, 5.41) is 7.44. The predicted molar refractivity (Wildman–Crippen MR) is 55.7 cm³/mol. The molecule has 0 spiro atoms. The second-order valence-electron chi connectivity index (χ2n) is 4.59. The fourth-order valence-electron chi connectivity index (χ4n) is 2.15. The van der Waals surface area contributed by atoms with E-state index >= 15 is 0 Å². The summed E-state index contributed by atoms with van der Waals surface area (Å²) < 4.78 is 3.40. The van der Waals surface area contributed by atoms with Crippen LogP contribution >= 0.6 is 0 Å². The fourth-order valence-corrected chi connectivity index (χ4v) is 2.15. The minimum absolute atomic E-state index is 0.0654. The summed E-state index contributed by atoms with van der Waals surface area (Å²) in [5.41, 5.74) is 0.0654. The number of hydrogen-bond acceptors (Lipinski definition) is 3. The van der Waals surface area contributed by atoms with E-state index in [1.165, 1.54) is 12.8 Å². The van der Waals surface area contributed by atoms with Crippen LogP contribution in [-0.4, -0.2) is 27.4 Å². The molecule has 2 fully saturated rings. The Morgan fingerprint density at radius 2 is 2.33 bits per heavy atom. The lowest BCUT2D eigenvalue weighted by atomic mass is 10.3. The smallest absolute Gasteiger partial charge is 0.315 e. The third kappa shape index (κ3) is 1.71. The molecule has 3 rings (SSSR count). The van der Waals surface area contributed by atoms with Gasteiger partial charge in [-0.15, -0.1) is 0 Å². The van der Waals surface area contributed by atoms with Gasteiger partial charge in [0.15, 0.2) is 0 Å². The van der Waals surface area contributed by atoms with Gasteiger partial charge in [-0.1, -0.05) is 0 Å². The minimum atomic E-state index is 0.0654. The molecule has 2 aliphatic rings. The largest absolute Gasteiger partial charge is 0.346 e. The predicted octanol–water partition coefficient (Wildman–Crippen LogP) is -0.0108. The van der Waals surface area contributed by atoms with Gasteiger partial charge in [-0.3, -0.25) is 4.57 Å². The Morgan fingerprint density at radius 1 is 1.47 bits per heavy atom. The lowest BCUT2D eigenvalue weighted by molar-refractivity contribution is 0.496. The summed E-state index contributed by atoms with van der Waals surface area (Å²) in [4.78, 5) is 12.0. The van der Waals surface area contributed by atoms with Crippen LogP contribution < -0.4 is 11.0 Å². The molecule has 0 radical (unpaired) electrons. The van der Waals surface area contributed by atoms with Gasteiger partial charge in [-0.25, -0.2) is 9.48 Å². The maximum Gasteiger partial charge on any atom is 0.346 e. The lowest BCUT2D eigenvalue weighted by Gasteiger charge is -2.06. The standard InChI is InChI=1S/C10H16N4O/c15-10-13(9-3-4-11-5-9)7-12-14(10)6-8-1-2-8/h7-9,11H,1-6H2/t9-/m0/s1. The summed E-state index contributed by atoms with van der Waals surface area (Å²) in [7, 11) is 0. The summed E-state index contributed by atoms with van der Waals surface area (Å²) in [5.74, 6) is 0.702. The molecule has 0 bridgehead atoms. The molecule has 2 heterocycles. The maximum absolute atomic E-state index is 12.0. The number of rotatable bonds is 3. The van der Waals surface area contributed by atoms with Crippen LogP contribution in [0.5, 0.6) is 0 Å². The van der Waals surface area contributed by atoms with Gasteiger partial charge in [0.1, 0.15) is 6.33 Å². The van der Waals surface area contributed by atoms with Crippen molar-refractivity contribution in [1.29, 1.82) is 0 Å². The quantitative estimate of drug-likeness (QED) is 0.760. The van der Waals surface area contributed by atoms with Gasteiger partial charge in [0, 0.05) is 13.1 Å². The van der Waals surface area contributed by atoms with Crippen LogP contribution in [0.3, 0.4) is 0 Å². The second kappa shape index (κ2) is 3.48. The average Bonchev–Trinajstić information content (AvgIpc) is 2.75. The first-order valence-corrected chi connectivity index (χ1v) is 5.69. The van der Waals surface area contributed by atoms with E-state index in [9.17, 15) is 4.79 Å². The highest BCUT2D eigenvalue weighted by Crippen LogP contribution is 2.29. The molecule has 1 aliphatic heterocycles. The minimum Gasteiger partial charge on any atom is -0.315 e. The van der Waals surface area contributed by atoms with Crippen LogP contribution in [0.2, 0.25) is 0 Å². The normalized spacial score (nSPS) is 26.0. The zero-order valence-corrected chi connectivity index (χ0v) is 8.72. The molecule has 1 saturated heterocycles. The summed E-state index contributed by atoms with van der Waals surface area (Å²) in [6.07, 6.45) is 5.24. The van der Waals surface area contributed by atoms with Crippen molar-refractivity contribution >= 4 is 0 Å². The molecule has 1 N–H and O–H groups in total. The van der Waals surface area contributed by atoms with Crippen LogP contribution in [0, 0.1) is 5.92 Å². The van der Waals surface area contributed by atoms with Crippen molar-refractivity contribution in [2.24, 2.45) is 5.92 Å². The Balaban J connectivity index is 1.82. The Labute approximate surface area is 88.1 Å². The second-order valence-corrected chi connectivity index (χ2v) is 4.59. The van der Waals surface area contributed by atoms with Gasteiger partial charge in [0.25, 0.3) is 0 Å². The Hall–Kier alpha value is -1.10. The van der Waals surface area contributed by atoms with Gasteiger partial charge in [0.05, 0.1) is 6.04 Å². The van der Waals surface area contributed by atoms with Gasteiger partial charge in [0.2, 0.25) is 0 Å². The number of nitrogens with zero attached hydrogens (tertiary/aromatic N) is 3. The van der Waals surface area contributed by atoms with Crippen LogP contribution in [0.25, 0.3) is 0 Å². The van der Waals surface area contributed by atoms with E-state index in [1.54, 1.807) is 15.6 Å². The van der Waals surface area contributed by atoms with Crippen LogP contribution in [0.15, 0.2) is 11.1 Å². The molecular weight excluding hydrogens is 192 g/mol. The van der Waals surface area contributed by atoms with Crippen LogP contribution in [0.1, 0.15) is 25.3 Å². The molecule has 1 aliphatic carbocycles.